The molecule has 0 radical (unpaired) electrons. The number of anilines is 1. The van der Waals surface area contributed by atoms with E-state index in [1.165, 1.54) is 6.20 Å². The number of fused-ring (bicyclic) bond motifs is 2. The normalized spacial score (nSPS) is 11.0. The minimum atomic E-state index is -0.100. The maximum Gasteiger partial charge on any atom is 0.200 e. The van der Waals surface area contributed by atoms with E-state index in [1.54, 1.807) is 24.4 Å². The largest absolute Gasteiger partial charge is 0.397 e. The second-order valence-corrected chi connectivity index (χ2v) is 3.52. The molecular weight excluding hydrogens is 204 g/mol. The fourth-order valence-electron chi connectivity index (χ4n) is 1.70. The van der Waals surface area contributed by atoms with Crippen molar-refractivity contribution in [1.82, 2.24) is 15.0 Å². The molecule has 3 rings (SSSR count). The molecule has 0 aliphatic carbocycles. The van der Waals surface area contributed by atoms with Crippen molar-refractivity contribution in [3.8, 4) is 0 Å². The van der Waals surface area contributed by atoms with Crippen LogP contribution >= 0.6 is 0 Å². The van der Waals surface area contributed by atoms with Crippen molar-refractivity contribution in [3.63, 3.8) is 0 Å². The molecular formula is C11H8N4O. The number of hydrogen-bond acceptors (Lipinski definition) is 4. The quantitative estimate of drug-likeness (QED) is 0.545. The third-order valence-electron chi connectivity index (χ3n) is 2.44. The van der Waals surface area contributed by atoms with Gasteiger partial charge in [-0.1, -0.05) is 0 Å². The number of nitrogens with zero attached hydrogens (tertiary/aromatic N) is 2. The molecule has 0 spiro atoms. The highest BCUT2D eigenvalue weighted by Gasteiger charge is 2.06. The molecule has 0 aromatic carbocycles. The Morgan fingerprint density at radius 3 is 2.88 bits per heavy atom. The topological polar surface area (TPSA) is 84.7 Å². The molecule has 3 N–H and O–H groups in total. The molecule has 0 saturated carbocycles. The van der Waals surface area contributed by atoms with E-state index in [2.05, 4.69) is 15.0 Å². The molecule has 3 heterocycles. The predicted octanol–water partition coefficient (Wildman–Crippen LogP) is 1.05. The van der Waals surface area contributed by atoms with Gasteiger partial charge in [-0.15, -0.1) is 0 Å². The summed E-state index contributed by atoms with van der Waals surface area (Å²) in [5, 5.41) is 1.03. The summed E-state index contributed by atoms with van der Waals surface area (Å²) in [6.45, 7) is 0. The summed E-state index contributed by atoms with van der Waals surface area (Å²) in [7, 11) is 0. The Balaban J connectivity index is 2.61. The first-order valence-corrected chi connectivity index (χ1v) is 4.78. The Morgan fingerprint density at radius 1 is 1.19 bits per heavy atom. The number of rotatable bonds is 0. The monoisotopic (exact) mass is 212 g/mol. The fraction of sp³-hybridized carbons (Fsp3) is 0. The van der Waals surface area contributed by atoms with Crippen LogP contribution in [-0.4, -0.2) is 15.0 Å². The first-order valence-electron chi connectivity index (χ1n) is 4.78. The van der Waals surface area contributed by atoms with Crippen LogP contribution in [0.15, 0.2) is 35.4 Å². The Bertz CT molecular complexity index is 748. The van der Waals surface area contributed by atoms with Gasteiger partial charge in [0.15, 0.2) is 0 Å². The second kappa shape index (κ2) is 3.03. The van der Waals surface area contributed by atoms with Gasteiger partial charge in [-0.3, -0.25) is 4.79 Å². The van der Waals surface area contributed by atoms with Gasteiger partial charge < -0.3 is 10.7 Å². The third kappa shape index (κ3) is 1.15. The summed E-state index contributed by atoms with van der Waals surface area (Å²) in [6.07, 6.45) is 3.13. The maximum absolute atomic E-state index is 12.1. The van der Waals surface area contributed by atoms with Crippen molar-refractivity contribution in [2.24, 2.45) is 0 Å². The van der Waals surface area contributed by atoms with E-state index in [4.69, 9.17) is 5.73 Å². The summed E-state index contributed by atoms with van der Waals surface area (Å²) >= 11 is 0. The molecule has 3 aromatic rings. The molecule has 0 aliphatic rings. The van der Waals surface area contributed by atoms with Crippen LogP contribution in [0.4, 0.5) is 5.69 Å². The average molecular weight is 212 g/mol. The van der Waals surface area contributed by atoms with Crippen LogP contribution in [-0.2, 0) is 0 Å². The van der Waals surface area contributed by atoms with E-state index in [-0.39, 0.29) is 5.43 Å². The Kier molecular flexibility index (Phi) is 1.67. The fourth-order valence-corrected chi connectivity index (χ4v) is 1.70. The molecule has 0 aliphatic heterocycles. The van der Waals surface area contributed by atoms with Crippen molar-refractivity contribution in [1.29, 1.82) is 0 Å². The van der Waals surface area contributed by atoms with Crippen LogP contribution in [0, 0.1) is 0 Å². The number of H-pyrrole nitrogens is 1. The average Bonchev–Trinajstić information content (AvgIpc) is 2.31. The van der Waals surface area contributed by atoms with Crippen molar-refractivity contribution < 1.29 is 0 Å². The minimum Gasteiger partial charge on any atom is -0.397 e. The van der Waals surface area contributed by atoms with Crippen molar-refractivity contribution in [3.05, 3.63) is 40.8 Å². The highest BCUT2D eigenvalue weighted by atomic mass is 16.1. The van der Waals surface area contributed by atoms with Crippen LogP contribution in [0.25, 0.3) is 22.1 Å². The van der Waals surface area contributed by atoms with E-state index in [1.807, 2.05) is 0 Å². The molecule has 5 heteroatoms. The van der Waals surface area contributed by atoms with E-state index >= 15 is 0 Å². The molecule has 16 heavy (non-hydrogen) atoms. The van der Waals surface area contributed by atoms with Gasteiger partial charge in [-0.2, -0.15) is 0 Å². The smallest absolute Gasteiger partial charge is 0.200 e. The van der Waals surface area contributed by atoms with Gasteiger partial charge in [-0.25, -0.2) is 9.97 Å². The second-order valence-electron chi connectivity index (χ2n) is 3.52. The minimum absolute atomic E-state index is 0.100. The zero-order valence-corrected chi connectivity index (χ0v) is 8.27. The first-order chi connectivity index (χ1) is 7.75. The summed E-state index contributed by atoms with van der Waals surface area (Å²) in [5.41, 5.74) is 7.02. The third-order valence-corrected chi connectivity index (χ3v) is 2.44. The first kappa shape index (κ1) is 8.84. The van der Waals surface area contributed by atoms with Gasteiger partial charge >= 0.3 is 0 Å². The van der Waals surface area contributed by atoms with Crippen molar-refractivity contribution in [2.75, 3.05) is 5.73 Å². The molecule has 0 saturated heterocycles. The van der Waals surface area contributed by atoms with Gasteiger partial charge in [0.25, 0.3) is 0 Å². The number of nitrogens with two attached hydrogens (primary N) is 1. The van der Waals surface area contributed by atoms with Crippen LogP contribution < -0.4 is 11.2 Å². The lowest BCUT2D eigenvalue weighted by molar-refractivity contribution is 1.26. The SMILES string of the molecule is Nc1cnc2[nH]c3ncccc3c(=O)c2c1. The number of aromatic amines is 1. The van der Waals surface area contributed by atoms with Gasteiger partial charge in [0.1, 0.15) is 11.3 Å². The number of pyridine rings is 3. The lowest BCUT2D eigenvalue weighted by Crippen LogP contribution is -2.06. The lowest BCUT2D eigenvalue weighted by atomic mass is 10.2. The molecule has 0 bridgehead atoms. The molecule has 5 nitrogen and oxygen atoms in total. The van der Waals surface area contributed by atoms with Gasteiger partial charge in [0.05, 0.1) is 22.7 Å². The number of nitrogens with one attached hydrogen (secondary N) is 1. The molecule has 3 aromatic heterocycles. The van der Waals surface area contributed by atoms with Crippen molar-refractivity contribution in [2.45, 2.75) is 0 Å². The molecule has 0 fully saturated rings. The molecule has 0 unspecified atom stereocenters. The predicted molar refractivity (Wildman–Crippen MR) is 62.1 cm³/mol. The molecule has 0 amide bonds. The molecule has 78 valence electrons. The number of nitrogen functional groups attached to an aromatic ring is 1. The zero-order valence-electron chi connectivity index (χ0n) is 8.27. The summed E-state index contributed by atoms with van der Waals surface area (Å²) < 4.78 is 0. The highest BCUT2D eigenvalue weighted by Crippen LogP contribution is 2.12. The zero-order chi connectivity index (χ0) is 11.1. The van der Waals surface area contributed by atoms with Gasteiger partial charge in [0, 0.05) is 6.20 Å². The van der Waals surface area contributed by atoms with E-state index in [9.17, 15) is 4.79 Å². The van der Waals surface area contributed by atoms with Gasteiger partial charge in [-0.05, 0) is 18.2 Å². The van der Waals surface area contributed by atoms with Crippen molar-refractivity contribution >= 4 is 27.8 Å². The number of aromatic nitrogens is 3. The van der Waals surface area contributed by atoms with Crippen LogP contribution in [0.2, 0.25) is 0 Å². The molecule has 0 atom stereocenters. The standard InChI is InChI=1S/C11H8N4O/c12-6-4-8-9(16)7-2-1-3-13-10(7)15-11(8)14-5-6/h1-5H,12H2,(H,13,14,15,16). The highest BCUT2D eigenvalue weighted by molar-refractivity contribution is 5.89. The van der Waals surface area contributed by atoms with E-state index < -0.39 is 0 Å². The van der Waals surface area contributed by atoms with Crippen LogP contribution in [0.1, 0.15) is 0 Å². The van der Waals surface area contributed by atoms with E-state index in [0.29, 0.717) is 27.8 Å². The number of hydrogen-bond donors (Lipinski definition) is 2. The summed E-state index contributed by atoms with van der Waals surface area (Å²) in [5.74, 6) is 0. The van der Waals surface area contributed by atoms with Crippen LogP contribution in [0.5, 0.6) is 0 Å². The summed E-state index contributed by atoms with van der Waals surface area (Å²) in [6, 6.07) is 5.07. The van der Waals surface area contributed by atoms with E-state index in [0.717, 1.165) is 0 Å². The Morgan fingerprint density at radius 2 is 2.00 bits per heavy atom. The summed E-state index contributed by atoms with van der Waals surface area (Å²) in [4.78, 5) is 23.2. The maximum atomic E-state index is 12.1. The Hall–Kier alpha value is -2.43. The van der Waals surface area contributed by atoms with Crippen LogP contribution in [0.3, 0.4) is 0 Å². The Labute approximate surface area is 90.0 Å². The lowest BCUT2D eigenvalue weighted by Gasteiger charge is -2.01. The van der Waals surface area contributed by atoms with Gasteiger partial charge in [0.2, 0.25) is 5.43 Å².